The molecule has 0 saturated carbocycles. The average Bonchev–Trinajstić information content (AvgIpc) is 3.06. The van der Waals surface area contributed by atoms with Crippen LogP contribution in [0.15, 0.2) is 58.3 Å². The molecule has 2 bridgehead atoms. The summed E-state index contributed by atoms with van der Waals surface area (Å²) >= 11 is 1.28. The predicted molar refractivity (Wildman–Crippen MR) is 115 cm³/mol. The van der Waals surface area contributed by atoms with Gasteiger partial charge in [-0.2, -0.15) is 0 Å². The summed E-state index contributed by atoms with van der Waals surface area (Å²) in [6.45, 7) is 1.76. The number of carbonyl (C=O) groups is 1. The second-order valence-corrected chi connectivity index (χ2v) is 8.60. The van der Waals surface area contributed by atoms with E-state index in [4.69, 9.17) is 19.2 Å². The topological polar surface area (TPSA) is 79.1 Å². The van der Waals surface area contributed by atoms with E-state index in [2.05, 4.69) is 0 Å². The number of benzene rings is 2. The van der Waals surface area contributed by atoms with Crippen LogP contribution in [0.4, 0.5) is 0 Å². The molecule has 0 radical (unpaired) electrons. The van der Waals surface area contributed by atoms with Gasteiger partial charge in [-0.15, -0.1) is 0 Å². The summed E-state index contributed by atoms with van der Waals surface area (Å²) in [4.78, 5) is 31.5. The third kappa shape index (κ3) is 2.97. The Morgan fingerprint density at radius 3 is 2.65 bits per heavy atom. The second-order valence-electron chi connectivity index (χ2n) is 7.59. The van der Waals surface area contributed by atoms with E-state index in [9.17, 15) is 9.59 Å². The largest absolute Gasteiger partial charge is 0.497 e. The van der Waals surface area contributed by atoms with Gasteiger partial charge in [-0.1, -0.05) is 41.7 Å². The Bertz CT molecular complexity index is 1360. The predicted octanol–water partition coefficient (Wildman–Crippen LogP) is 1.87. The molecule has 2 aromatic carbocycles. The first-order valence-corrected chi connectivity index (χ1v) is 10.6. The van der Waals surface area contributed by atoms with Gasteiger partial charge in [-0.3, -0.25) is 14.2 Å². The Balaban J connectivity index is 1.75. The number of aromatic nitrogens is 1. The van der Waals surface area contributed by atoms with Crippen molar-refractivity contribution in [2.75, 3.05) is 14.2 Å². The van der Waals surface area contributed by atoms with Crippen molar-refractivity contribution in [3.8, 4) is 11.5 Å². The monoisotopic (exact) mass is 436 g/mol. The Labute approximate surface area is 181 Å². The zero-order valence-corrected chi connectivity index (χ0v) is 18.0. The molecule has 0 spiro atoms. The molecule has 3 heterocycles. The number of hydrogen-bond acceptors (Lipinski definition) is 7. The van der Waals surface area contributed by atoms with Gasteiger partial charge in [0.2, 0.25) is 5.72 Å². The molecule has 2 aliphatic heterocycles. The molecule has 7 nitrogen and oxygen atoms in total. The van der Waals surface area contributed by atoms with Gasteiger partial charge >= 0.3 is 5.97 Å². The van der Waals surface area contributed by atoms with E-state index in [0.29, 0.717) is 15.1 Å². The van der Waals surface area contributed by atoms with Crippen LogP contribution in [0.3, 0.4) is 0 Å². The molecule has 0 amide bonds. The number of ether oxygens (including phenoxy) is 3. The molecule has 0 saturated heterocycles. The van der Waals surface area contributed by atoms with Crippen molar-refractivity contribution in [1.82, 2.24) is 4.57 Å². The van der Waals surface area contributed by atoms with Crippen LogP contribution in [0.1, 0.15) is 24.1 Å². The maximum Gasteiger partial charge on any atom is 0.317 e. The molecule has 158 valence electrons. The fourth-order valence-electron chi connectivity index (χ4n) is 4.28. The van der Waals surface area contributed by atoms with E-state index in [1.807, 2.05) is 54.6 Å². The molecule has 0 N–H and O–H groups in total. The summed E-state index contributed by atoms with van der Waals surface area (Å²) in [6, 6.07) is 14.3. The molecular weight excluding hydrogens is 416 g/mol. The number of methoxy groups -OCH3 is 2. The quantitative estimate of drug-likeness (QED) is 0.586. The normalized spacial score (nSPS) is 23.8. The van der Waals surface area contributed by atoms with E-state index in [1.54, 1.807) is 18.6 Å². The van der Waals surface area contributed by atoms with Crippen LogP contribution in [0, 0.1) is 5.92 Å². The Morgan fingerprint density at radius 1 is 1.19 bits per heavy atom. The maximum atomic E-state index is 13.5. The molecule has 3 aromatic rings. The van der Waals surface area contributed by atoms with Crippen LogP contribution in [0.25, 0.3) is 6.08 Å². The van der Waals surface area contributed by atoms with Crippen molar-refractivity contribution in [2.24, 2.45) is 10.9 Å². The lowest BCUT2D eigenvalue weighted by Crippen LogP contribution is -2.58. The highest BCUT2D eigenvalue weighted by Gasteiger charge is 2.55. The molecule has 2 aliphatic rings. The molecule has 1 aromatic heterocycles. The molecule has 0 fully saturated rings. The number of para-hydroxylation sites is 1. The van der Waals surface area contributed by atoms with Crippen molar-refractivity contribution in [3.63, 3.8) is 0 Å². The average molecular weight is 436 g/mol. The summed E-state index contributed by atoms with van der Waals surface area (Å²) in [5.41, 5.74) is 0.271. The first-order valence-electron chi connectivity index (χ1n) is 9.78. The van der Waals surface area contributed by atoms with Gasteiger partial charge in [0.1, 0.15) is 17.4 Å². The number of thiazole rings is 1. The fraction of sp³-hybridized carbons (Fsp3) is 0.261. The van der Waals surface area contributed by atoms with Crippen molar-refractivity contribution in [1.29, 1.82) is 0 Å². The highest BCUT2D eigenvalue weighted by atomic mass is 32.1. The Kier molecular flexibility index (Phi) is 4.48. The Hall–Kier alpha value is -3.39. The van der Waals surface area contributed by atoms with Crippen molar-refractivity contribution in [2.45, 2.75) is 18.7 Å². The highest BCUT2D eigenvalue weighted by Crippen LogP contribution is 2.47. The lowest BCUT2D eigenvalue weighted by atomic mass is 9.81. The Morgan fingerprint density at radius 2 is 1.94 bits per heavy atom. The fourth-order valence-corrected chi connectivity index (χ4v) is 5.38. The summed E-state index contributed by atoms with van der Waals surface area (Å²) in [7, 11) is 2.94. The van der Waals surface area contributed by atoms with Crippen LogP contribution in [0.5, 0.6) is 11.5 Å². The van der Waals surface area contributed by atoms with Gasteiger partial charge in [0, 0.05) is 5.56 Å². The number of esters is 1. The summed E-state index contributed by atoms with van der Waals surface area (Å²) < 4.78 is 18.6. The van der Waals surface area contributed by atoms with Gasteiger partial charge in [0.05, 0.1) is 24.8 Å². The van der Waals surface area contributed by atoms with Gasteiger partial charge in [-0.25, -0.2) is 4.99 Å². The van der Waals surface area contributed by atoms with Gasteiger partial charge in [0.25, 0.3) is 5.56 Å². The molecule has 31 heavy (non-hydrogen) atoms. The van der Waals surface area contributed by atoms with E-state index in [-0.39, 0.29) is 5.56 Å². The summed E-state index contributed by atoms with van der Waals surface area (Å²) in [6.07, 6.45) is 1.82. The smallest absolute Gasteiger partial charge is 0.317 e. The van der Waals surface area contributed by atoms with Crippen LogP contribution < -0.4 is 24.4 Å². The van der Waals surface area contributed by atoms with Crippen LogP contribution >= 0.6 is 11.3 Å². The lowest BCUT2D eigenvalue weighted by Gasteiger charge is -2.44. The standard InChI is InChI=1S/C23H20N2O5S/c1-23-18(21(27)29-3)19(15-6-4-5-7-16(15)30-23)25-20(26)17(31-22(25)24-23)12-13-8-10-14(28-2)11-9-13/h4-12,18-19H,1-3H3/b17-12+/t18?,19?,23-/m0/s1. The van der Waals surface area contributed by atoms with E-state index >= 15 is 0 Å². The van der Waals surface area contributed by atoms with Crippen LogP contribution in [-0.2, 0) is 9.53 Å². The number of hydrogen-bond donors (Lipinski definition) is 0. The maximum absolute atomic E-state index is 13.5. The minimum atomic E-state index is -1.17. The lowest BCUT2D eigenvalue weighted by molar-refractivity contribution is -0.158. The first kappa shape index (κ1) is 19.6. The van der Waals surface area contributed by atoms with E-state index in [0.717, 1.165) is 16.9 Å². The minimum Gasteiger partial charge on any atom is -0.497 e. The second kappa shape index (κ2) is 7.09. The molecule has 8 heteroatoms. The number of carbonyl (C=O) groups excluding carboxylic acids is 1. The minimum absolute atomic E-state index is 0.197. The number of fused-ring (bicyclic) bond motifs is 6. The number of nitrogens with zero attached hydrogens (tertiary/aromatic N) is 2. The molecule has 2 unspecified atom stereocenters. The third-order valence-corrected chi connectivity index (χ3v) is 6.73. The van der Waals surface area contributed by atoms with Crippen molar-refractivity contribution >= 4 is 23.4 Å². The van der Waals surface area contributed by atoms with Gasteiger partial charge in [0.15, 0.2) is 4.80 Å². The van der Waals surface area contributed by atoms with E-state index in [1.165, 1.54) is 18.4 Å². The van der Waals surface area contributed by atoms with Gasteiger partial charge < -0.3 is 14.2 Å². The first-order chi connectivity index (χ1) is 14.9. The van der Waals surface area contributed by atoms with Crippen LogP contribution in [0.2, 0.25) is 0 Å². The molecule has 5 rings (SSSR count). The molecule has 3 atom stereocenters. The van der Waals surface area contributed by atoms with Crippen molar-refractivity contribution < 1.29 is 19.0 Å². The van der Waals surface area contributed by atoms with Gasteiger partial charge in [-0.05, 0) is 36.8 Å². The van der Waals surface area contributed by atoms with Crippen molar-refractivity contribution in [3.05, 3.63) is 79.3 Å². The molecular formula is C23H20N2O5S. The highest BCUT2D eigenvalue weighted by molar-refractivity contribution is 7.07. The summed E-state index contributed by atoms with van der Waals surface area (Å²) in [5.74, 6) is 0.116. The van der Waals surface area contributed by atoms with Crippen LogP contribution in [-0.4, -0.2) is 30.5 Å². The molecule has 0 aliphatic carbocycles. The zero-order chi connectivity index (χ0) is 21.8. The SMILES string of the molecule is COC(=O)C1C2c3ccccc3O[C@]1(C)N=c1s/c(=C/c3ccc(OC)cc3)c(=O)n12. The summed E-state index contributed by atoms with van der Waals surface area (Å²) in [5, 5.41) is 0. The zero-order valence-electron chi connectivity index (χ0n) is 17.2. The third-order valence-electron chi connectivity index (χ3n) is 5.75. The number of rotatable bonds is 3. The van der Waals surface area contributed by atoms with E-state index < -0.39 is 23.7 Å².